The minimum absolute atomic E-state index is 0.00229. The van der Waals surface area contributed by atoms with Crippen LogP contribution in [0.5, 0.6) is 5.88 Å². The lowest BCUT2D eigenvalue weighted by Crippen LogP contribution is -2.43. The predicted molar refractivity (Wildman–Crippen MR) is 101 cm³/mol. The molecule has 0 aromatic carbocycles. The minimum Gasteiger partial charge on any atom is -0.474 e. The number of rotatable bonds is 6. The highest BCUT2D eigenvalue weighted by atomic mass is 35.5. The molecule has 26 heavy (non-hydrogen) atoms. The van der Waals surface area contributed by atoms with Crippen molar-refractivity contribution >= 4 is 28.3 Å². The molecule has 0 bridgehead atoms. The molecule has 0 saturated heterocycles. The molecule has 1 aliphatic rings. The van der Waals surface area contributed by atoms with Gasteiger partial charge in [-0.25, -0.2) is 9.97 Å². The summed E-state index contributed by atoms with van der Waals surface area (Å²) in [5, 5.41) is 2.23. The molecule has 140 valence electrons. The number of carbonyl (C=O) groups excluding carboxylic acids is 1. The zero-order valence-electron chi connectivity index (χ0n) is 15.5. The van der Waals surface area contributed by atoms with Crippen LogP contribution in [0.2, 0.25) is 5.15 Å². The standard InChI is InChI=1S/C19H24ClN3O3/c1-11(10-25-4)15-8-22-18(16-9-21-17(20)7-14(15)16)26-13-5-12(6-13)19(24)23(2)3/h7-9,11-13H,5-6,10H2,1-4H3/t11-,12?,13?/m0/s1. The van der Waals surface area contributed by atoms with Crippen LogP contribution >= 0.6 is 11.6 Å². The van der Waals surface area contributed by atoms with Crippen molar-refractivity contribution in [2.24, 2.45) is 5.92 Å². The van der Waals surface area contributed by atoms with E-state index in [1.807, 2.05) is 12.3 Å². The summed E-state index contributed by atoms with van der Waals surface area (Å²) in [5.41, 5.74) is 1.05. The van der Waals surface area contributed by atoms with Crippen LogP contribution in [0.1, 0.15) is 31.2 Å². The highest BCUT2D eigenvalue weighted by Gasteiger charge is 2.37. The third kappa shape index (κ3) is 3.76. The lowest BCUT2D eigenvalue weighted by Gasteiger charge is -2.35. The number of aromatic nitrogens is 2. The van der Waals surface area contributed by atoms with E-state index in [-0.39, 0.29) is 23.8 Å². The fourth-order valence-electron chi connectivity index (χ4n) is 3.32. The third-order valence-corrected chi connectivity index (χ3v) is 5.05. The topological polar surface area (TPSA) is 64.6 Å². The molecule has 0 aliphatic heterocycles. The first-order valence-electron chi connectivity index (χ1n) is 8.71. The fourth-order valence-corrected chi connectivity index (χ4v) is 3.48. The second-order valence-electron chi connectivity index (χ2n) is 7.07. The molecule has 0 N–H and O–H groups in total. The van der Waals surface area contributed by atoms with Crippen molar-refractivity contribution in [3.8, 4) is 5.88 Å². The van der Waals surface area contributed by atoms with Gasteiger partial charge < -0.3 is 14.4 Å². The summed E-state index contributed by atoms with van der Waals surface area (Å²) in [6.07, 6.45) is 4.94. The quantitative estimate of drug-likeness (QED) is 0.723. The van der Waals surface area contributed by atoms with Crippen LogP contribution in [0.3, 0.4) is 0 Å². The first-order chi connectivity index (χ1) is 12.4. The van der Waals surface area contributed by atoms with Gasteiger partial charge in [-0.3, -0.25) is 4.79 Å². The molecule has 1 atom stereocenters. The molecule has 2 aromatic heterocycles. The molecule has 0 unspecified atom stereocenters. The number of methoxy groups -OCH3 is 1. The summed E-state index contributed by atoms with van der Waals surface area (Å²) < 4.78 is 11.3. The summed E-state index contributed by atoms with van der Waals surface area (Å²) in [5.74, 6) is 0.904. The van der Waals surface area contributed by atoms with Crippen LogP contribution in [0.4, 0.5) is 0 Å². The van der Waals surface area contributed by atoms with Gasteiger partial charge in [-0.05, 0) is 29.9 Å². The second-order valence-corrected chi connectivity index (χ2v) is 7.46. The first kappa shape index (κ1) is 18.9. The molecule has 7 heteroatoms. The van der Waals surface area contributed by atoms with Gasteiger partial charge in [0.2, 0.25) is 11.8 Å². The maximum absolute atomic E-state index is 12.0. The van der Waals surface area contributed by atoms with Gasteiger partial charge in [-0.1, -0.05) is 18.5 Å². The Bertz CT molecular complexity index is 806. The number of carbonyl (C=O) groups is 1. The Morgan fingerprint density at radius 3 is 2.69 bits per heavy atom. The zero-order chi connectivity index (χ0) is 18.8. The molecule has 0 spiro atoms. The highest BCUT2D eigenvalue weighted by molar-refractivity contribution is 6.30. The maximum Gasteiger partial charge on any atom is 0.225 e. The minimum atomic E-state index is -0.00229. The van der Waals surface area contributed by atoms with Crippen molar-refractivity contribution in [3.63, 3.8) is 0 Å². The number of amides is 1. The van der Waals surface area contributed by atoms with Gasteiger partial charge in [0.05, 0.1) is 12.0 Å². The summed E-state index contributed by atoms with van der Waals surface area (Å²) >= 11 is 6.11. The number of ether oxygens (including phenoxy) is 2. The van der Waals surface area contributed by atoms with E-state index in [1.54, 1.807) is 32.3 Å². The van der Waals surface area contributed by atoms with Crippen LogP contribution in [-0.2, 0) is 9.53 Å². The fraction of sp³-hybridized carbons (Fsp3) is 0.526. The number of pyridine rings is 2. The smallest absolute Gasteiger partial charge is 0.225 e. The summed E-state index contributed by atoms with van der Waals surface area (Å²) in [7, 11) is 5.24. The molecule has 1 amide bonds. The monoisotopic (exact) mass is 377 g/mol. The third-order valence-electron chi connectivity index (χ3n) is 4.84. The summed E-state index contributed by atoms with van der Waals surface area (Å²) in [6.45, 7) is 2.67. The van der Waals surface area contributed by atoms with Crippen LogP contribution in [0, 0.1) is 5.92 Å². The Hall–Kier alpha value is -1.92. The molecule has 1 saturated carbocycles. The Labute approximate surface area is 158 Å². The lowest BCUT2D eigenvalue weighted by atomic mass is 9.81. The molecular formula is C19H24ClN3O3. The van der Waals surface area contributed by atoms with Gasteiger partial charge in [-0.15, -0.1) is 0 Å². The van der Waals surface area contributed by atoms with Crippen molar-refractivity contribution in [1.29, 1.82) is 0 Å². The van der Waals surface area contributed by atoms with E-state index < -0.39 is 0 Å². The van der Waals surface area contributed by atoms with Gasteiger partial charge in [0.1, 0.15) is 11.3 Å². The van der Waals surface area contributed by atoms with E-state index in [0.29, 0.717) is 30.5 Å². The van der Waals surface area contributed by atoms with E-state index in [4.69, 9.17) is 21.1 Å². The van der Waals surface area contributed by atoms with Crippen molar-refractivity contribution in [3.05, 3.63) is 29.2 Å². The van der Waals surface area contributed by atoms with Crippen molar-refractivity contribution in [1.82, 2.24) is 14.9 Å². The number of hydrogen-bond acceptors (Lipinski definition) is 5. The van der Waals surface area contributed by atoms with E-state index in [9.17, 15) is 4.79 Å². The molecule has 1 fully saturated rings. The number of fused-ring (bicyclic) bond motifs is 1. The molecule has 1 aliphatic carbocycles. The Balaban J connectivity index is 1.82. The first-order valence-corrected chi connectivity index (χ1v) is 9.09. The van der Waals surface area contributed by atoms with E-state index >= 15 is 0 Å². The van der Waals surface area contributed by atoms with Gasteiger partial charge in [-0.2, -0.15) is 0 Å². The predicted octanol–water partition coefficient (Wildman–Crippen LogP) is 3.28. The average Bonchev–Trinajstić information content (AvgIpc) is 2.56. The average molecular weight is 378 g/mol. The Kier molecular flexibility index (Phi) is 5.63. The van der Waals surface area contributed by atoms with Gasteiger partial charge in [0.25, 0.3) is 0 Å². The van der Waals surface area contributed by atoms with Gasteiger partial charge in [0, 0.05) is 45.4 Å². The van der Waals surface area contributed by atoms with Crippen LogP contribution < -0.4 is 4.74 Å². The van der Waals surface area contributed by atoms with Crippen molar-refractivity contribution in [2.75, 3.05) is 27.8 Å². The zero-order valence-corrected chi connectivity index (χ0v) is 16.3. The molecule has 2 heterocycles. The van der Waals surface area contributed by atoms with Crippen molar-refractivity contribution < 1.29 is 14.3 Å². The molecule has 3 rings (SSSR count). The molecule has 2 aromatic rings. The van der Waals surface area contributed by atoms with Crippen LogP contribution in [0.25, 0.3) is 10.8 Å². The Morgan fingerprint density at radius 2 is 2.04 bits per heavy atom. The molecular weight excluding hydrogens is 354 g/mol. The Morgan fingerprint density at radius 1 is 1.31 bits per heavy atom. The van der Waals surface area contributed by atoms with E-state index in [1.165, 1.54) is 0 Å². The van der Waals surface area contributed by atoms with Crippen LogP contribution in [0.15, 0.2) is 18.5 Å². The lowest BCUT2D eigenvalue weighted by molar-refractivity contribution is -0.138. The van der Waals surface area contributed by atoms with Gasteiger partial charge >= 0.3 is 0 Å². The van der Waals surface area contributed by atoms with Gasteiger partial charge in [0.15, 0.2) is 0 Å². The highest BCUT2D eigenvalue weighted by Crippen LogP contribution is 2.36. The second kappa shape index (κ2) is 7.76. The number of hydrogen-bond donors (Lipinski definition) is 0. The number of nitrogens with zero attached hydrogens (tertiary/aromatic N) is 3. The SMILES string of the molecule is COC[C@H](C)c1cnc(OC2CC(C(=O)N(C)C)C2)c2cnc(Cl)cc12. The van der Waals surface area contributed by atoms with Crippen LogP contribution in [-0.4, -0.2) is 54.7 Å². The number of halogens is 1. The molecule has 0 radical (unpaired) electrons. The van der Waals surface area contributed by atoms with E-state index in [2.05, 4.69) is 16.9 Å². The largest absolute Gasteiger partial charge is 0.474 e. The summed E-state index contributed by atoms with van der Waals surface area (Å²) in [6, 6.07) is 1.84. The van der Waals surface area contributed by atoms with Crippen molar-refractivity contribution in [2.45, 2.75) is 31.8 Å². The molecule has 6 nitrogen and oxygen atoms in total. The summed E-state index contributed by atoms with van der Waals surface area (Å²) in [4.78, 5) is 22.3. The van der Waals surface area contributed by atoms with E-state index in [0.717, 1.165) is 16.3 Å². The normalized spacial score (nSPS) is 20.5. The maximum atomic E-state index is 12.0.